The van der Waals surface area contributed by atoms with Crippen molar-refractivity contribution in [2.24, 2.45) is 11.7 Å². The molecule has 0 aromatic heterocycles. The first-order chi connectivity index (χ1) is 10.4. The summed E-state index contributed by atoms with van der Waals surface area (Å²) in [6, 6.07) is 9.21. The molecule has 1 aliphatic rings. The number of nitrogens with two attached hydrogens (primary N) is 1. The minimum absolute atomic E-state index is 0.00254. The fourth-order valence-electron chi connectivity index (χ4n) is 2.60. The molecule has 1 aromatic carbocycles. The molecule has 0 aliphatic carbocycles. The van der Waals surface area contributed by atoms with Gasteiger partial charge in [-0.2, -0.15) is 0 Å². The number of likely N-dealkylation sites (tertiary alicyclic amines) is 1. The van der Waals surface area contributed by atoms with Gasteiger partial charge in [-0.05, 0) is 38.8 Å². The molecule has 5 heteroatoms. The maximum absolute atomic E-state index is 12.5. The first kappa shape index (κ1) is 16.5. The van der Waals surface area contributed by atoms with Crippen LogP contribution in [0.25, 0.3) is 0 Å². The molecule has 1 fully saturated rings. The molecular formula is C17H25N3O2. The molecule has 2 amide bonds. The molecule has 3 N–H and O–H groups in total. The van der Waals surface area contributed by atoms with E-state index >= 15 is 0 Å². The van der Waals surface area contributed by atoms with Crippen LogP contribution in [-0.2, 0) is 4.79 Å². The maximum Gasteiger partial charge on any atom is 0.253 e. The predicted octanol–water partition coefficient (Wildman–Crippen LogP) is 1.39. The largest absolute Gasteiger partial charge is 0.354 e. The van der Waals surface area contributed by atoms with Crippen molar-refractivity contribution >= 4 is 11.8 Å². The second-order valence-corrected chi connectivity index (χ2v) is 6.66. The Kier molecular flexibility index (Phi) is 5.19. The highest BCUT2D eigenvalue weighted by molar-refractivity contribution is 5.94. The van der Waals surface area contributed by atoms with Crippen molar-refractivity contribution in [2.75, 3.05) is 19.6 Å². The first-order valence-corrected chi connectivity index (χ1v) is 7.78. The first-order valence-electron chi connectivity index (χ1n) is 7.78. The van der Waals surface area contributed by atoms with Crippen LogP contribution < -0.4 is 11.1 Å². The van der Waals surface area contributed by atoms with Gasteiger partial charge in [0, 0.05) is 30.7 Å². The maximum atomic E-state index is 12.5. The fourth-order valence-corrected chi connectivity index (χ4v) is 2.60. The van der Waals surface area contributed by atoms with Gasteiger partial charge in [0.2, 0.25) is 5.91 Å². The second-order valence-electron chi connectivity index (χ2n) is 6.66. The lowest BCUT2D eigenvalue weighted by Crippen LogP contribution is -2.50. The van der Waals surface area contributed by atoms with E-state index in [1.54, 1.807) is 4.90 Å². The Balaban J connectivity index is 1.94. The molecule has 1 aliphatic heterocycles. The van der Waals surface area contributed by atoms with E-state index in [9.17, 15) is 9.59 Å². The normalized spacial score (nSPS) is 18.9. The van der Waals surface area contributed by atoms with Gasteiger partial charge in [-0.15, -0.1) is 0 Å². The standard InChI is InChI=1S/C17H25N3O2/c1-17(2,18)12-19-15(21)14-9-6-10-20(11-14)16(22)13-7-4-3-5-8-13/h3-5,7-8,14H,6,9-12,18H2,1-2H3,(H,19,21). The SMILES string of the molecule is CC(C)(N)CNC(=O)C1CCCN(C(=O)c2ccccc2)C1. The third kappa shape index (κ3) is 4.56. The van der Waals surface area contributed by atoms with Gasteiger partial charge in [0.15, 0.2) is 0 Å². The number of benzene rings is 1. The molecule has 1 saturated heterocycles. The highest BCUT2D eigenvalue weighted by atomic mass is 16.2. The lowest BCUT2D eigenvalue weighted by atomic mass is 9.96. The van der Waals surface area contributed by atoms with Crippen molar-refractivity contribution in [1.82, 2.24) is 10.2 Å². The van der Waals surface area contributed by atoms with Gasteiger partial charge in [-0.1, -0.05) is 18.2 Å². The summed E-state index contributed by atoms with van der Waals surface area (Å²) in [7, 11) is 0. The molecule has 1 unspecified atom stereocenters. The van der Waals surface area contributed by atoms with Crippen molar-refractivity contribution in [3.8, 4) is 0 Å². The summed E-state index contributed by atoms with van der Waals surface area (Å²) in [5.74, 6) is -0.162. The Hall–Kier alpha value is -1.88. The van der Waals surface area contributed by atoms with Crippen molar-refractivity contribution in [2.45, 2.75) is 32.2 Å². The summed E-state index contributed by atoms with van der Waals surface area (Å²) in [6.45, 7) is 5.37. The number of carbonyl (C=O) groups is 2. The smallest absolute Gasteiger partial charge is 0.253 e. The summed E-state index contributed by atoms with van der Waals surface area (Å²) in [5, 5.41) is 2.89. The minimum atomic E-state index is -0.427. The lowest BCUT2D eigenvalue weighted by molar-refractivity contribution is -0.126. The Morgan fingerprint density at radius 1 is 1.32 bits per heavy atom. The van der Waals surface area contributed by atoms with Gasteiger partial charge in [0.1, 0.15) is 0 Å². The molecule has 22 heavy (non-hydrogen) atoms. The molecule has 0 saturated carbocycles. The molecule has 120 valence electrons. The number of rotatable bonds is 4. The summed E-state index contributed by atoms with van der Waals surface area (Å²) in [5.41, 5.74) is 6.13. The Labute approximate surface area is 131 Å². The second kappa shape index (κ2) is 6.92. The third-order valence-electron chi connectivity index (χ3n) is 3.82. The van der Waals surface area contributed by atoms with Crippen molar-refractivity contribution in [3.05, 3.63) is 35.9 Å². The highest BCUT2D eigenvalue weighted by Gasteiger charge is 2.29. The van der Waals surface area contributed by atoms with E-state index in [1.165, 1.54) is 0 Å². The molecule has 0 bridgehead atoms. The monoisotopic (exact) mass is 303 g/mol. The number of carbonyl (C=O) groups excluding carboxylic acids is 2. The summed E-state index contributed by atoms with van der Waals surface area (Å²) in [6.07, 6.45) is 1.66. The third-order valence-corrected chi connectivity index (χ3v) is 3.82. The zero-order valence-electron chi connectivity index (χ0n) is 13.3. The predicted molar refractivity (Wildman–Crippen MR) is 86.3 cm³/mol. The van der Waals surface area contributed by atoms with Crippen LogP contribution in [0.4, 0.5) is 0 Å². The van der Waals surface area contributed by atoms with Gasteiger partial charge < -0.3 is 16.0 Å². The van der Waals surface area contributed by atoms with Crippen molar-refractivity contribution in [3.63, 3.8) is 0 Å². The van der Waals surface area contributed by atoms with Crippen LogP contribution in [0.5, 0.6) is 0 Å². The van der Waals surface area contributed by atoms with Crippen LogP contribution in [0.15, 0.2) is 30.3 Å². The summed E-state index contributed by atoms with van der Waals surface area (Å²) in [4.78, 5) is 26.5. The topological polar surface area (TPSA) is 75.4 Å². The number of hydrogen-bond donors (Lipinski definition) is 2. The van der Waals surface area contributed by atoms with E-state index in [-0.39, 0.29) is 17.7 Å². The lowest BCUT2D eigenvalue weighted by Gasteiger charge is -2.32. The van der Waals surface area contributed by atoms with Crippen LogP contribution in [0, 0.1) is 5.92 Å². The molecule has 2 rings (SSSR count). The van der Waals surface area contributed by atoms with E-state index in [4.69, 9.17) is 5.73 Å². The number of hydrogen-bond acceptors (Lipinski definition) is 3. The van der Waals surface area contributed by atoms with Crippen LogP contribution in [0.1, 0.15) is 37.0 Å². The van der Waals surface area contributed by atoms with E-state index in [0.717, 1.165) is 12.8 Å². The zero-order valence-corrected chi connectivity index (χ0v) is 13.3. The molecule has 0 spiro atoms. The van der Waals surface area contributed by atoms with Gasteiger partial charge in [0.05, 0.1) is 5.92 Å². The molecular weight excluding hydrogens is 278 g/mol. The van der Waals surface area contributed by atoms with E-state index < -0.39 is 5.54 Å². The van der Waals surface area contributed by atoms with E-state index in [1.807, 2.05) is 44.2 Å². The van der Waals surface area contributed by atoms with E-state index in [0.29, 0.717) is 25.2 Å². The number of nitrogens with one attached hydrogen (secondary N) is 1. The van der Waals surface area contributed by atoms with Crippen LogP contribution in [0.2, 0.25) is 0 Å². The molecule has 1 heterocycles. The quantitative estimate of drug-likeness (QED) is 0.882. The average Bonchev–Trinajstić information content (AvgIpc) is 2.52. The van der Waals surface area contributed by atoms with Crippen LogP contribution in [0.3, 0.4) is 0 Å². The molecule has 1 aromatic rings. The van der Waals surface area contributed by atoms with Crippen molar-refractivity contribution in [1.29, 1.82) is 0 Å². The molecule has 1 atom stereocenters. The summed E-state index contributed by atoms with van der Waals surface area (Å²) >= 11 is 0. The van der Waals surface area contributed by atoms with E-state index in [2.05, 4.69) is 5.32 Å². The van der Waals surface area contributed by atoms with Gasteiger partial charge in [0.25, 0.3) is 5.91 Å². The Bertz CT molecular complexity index is 522. The minimum Gasteiger partial charge on any atom is -0.354 e. The van der Waals surface area contributed by atoms with Gasteiger partial charge in [-0.25, -0.2) is 0 Å². The fraction of sp³-hybridized carbons (Fsp3) is 0.529. The zero-order chi connectivity index (χ0) is 16.2. The van der Waals surface area contributed by atoms with Crippen molar-refractivity contribution < 1.29 is 9.59 Å². The molecule has 5 nitrogen and oxygen atoms in total. The Morgan fingerprint density at radius 3 is 2.64 bits per heavy atom. The highest BCUT2D eigenvalue weighted by Crippen LogP contribution is 2.19. The van der Waals surface area contributed by atoms with Gasteiger partial charge in [-0.3, -0.25) is 9.59 Å². The average molecular weight is 303 g/mol. The van der Waals surface area contributed by atoms with Crippen LogP contribution >= 0.6 is 0 Å². The number of piperidine rings is 1. The van der Waals surface area contributed by atoms with Gasteiger partial charge >= 0.3 is 0 Å². The number of nitrogens with zero attached hydrogens (tertiary/aromatic N) is 1. The molecule has 0 radical (unpaired) electrons. The number of amides is 2. The van der Waals surface area contributed by atoms with Crippen LogP contribution in [-0.4, -0.2) is 41.9 Å². The Morgan fingerprint density at radius 2 is 2.00 bits per heavy atom. The summed E-state index contributed by atoms with van der Waals surface area (Å²) < 4.78 is 0.